The third kappa shape index (κ3) is 2.39. The molecule has 1 N–H and O–H groups in total. The molecule has 2 heterocycles. The van der Waals surface area contributed by atoms with E-state index in [1.54, 1.807) is 0 Å². The van der Waals surface area contributed by atoms with Gasteiger partial charge in [0, 0.05) is 27.4 Å². The van der Waals surface area contributed by atoms with Gasteiger partial charge < -0.3 is 10.2 Å². The minimum absolute atomic E-state index is 0.722. The fourth-order valence-electron chi connectivity index (χ4n) is 3.68. The van der Waals surface area contributed by atoms with Crippen LogP contribution in [-0.2, 0) is 0 Å². The molecule has 0 radical (unpaired) electrons. The van der Waals surface area contributed by atoms with E-state index in [2.05, 4.69) is 64.1 Å². The summed E-state index contributed by atoms with van der Waals surface area (Å²) in [7, 11) is 2.11. The van der Waals surface area contributed by atoms with Gasteiger partial charge in [0.05, 0.1) is 0 Å². The molecule has 2 atom stereocenters. The Morgan fingerprint density at radius 1 is 1.22 bits per heavy atom. The Hall–Kier alpha value is -0.290. The van der Waals surface area contributed by atoms with Crippen LogP contribution in [-0.4, -0.2) is 25.2 Å². The van der Waals surface area contributed by atoms with Crippen LogP contribution in [0.4, 0.5) is 5.69 Å². The summed E-state index contributed by atoms with van der Waals surface area (Å²) in [5.41, 5.74) is 1.44. The average Bonchev–Trinajstić information content (AvgIpc) is 2.37. The molecule has 2 aliphatic heterocycles. The fraction of sp³-hybridized carbons (Fsp3) is 0.600. The summed E-state index contributed by atoms with van der Waals surface area (Å²) in [6, 6.07) is 11.2. The molecule has 2 unspecified atom stereocenters. The molecule has 1 aromatic carbocycles. The van der Waals surface area contributed by atoms with E-state index in [4.69, 9.17) is 0 Å². The van der Waals surface area contributed by atoms with Crippen LogP contribution in [0.2, 0.25) is 0 Å². The van der Waals surface area contributed by atoms with Crippen molar-refractivity contribution in [3.63, 3.8) is 0 Å². The topological polar surface area (TPSA) is 15.3 Å². The molecule has 3 heteroatoms. The molecule has 2 aliphatic rings. The molecule has 98 valence electrons. The highest BCUT2D eigenvalue weighted by Crippen LogP contribution is 2.37. The van der Waals surface area contributed by atoms with E-state index >= 15 is 0 Å². The lowest BCUT2D eigenvalue weighted by molar-refractivity contribution is 0.252. The Kier molecular flexibility index (Phi) is 3.80. The minimum atomic E-state index is 0.722. The summed E-state index contributed by atoms with van der Waals surface area (Å²) in [5, 5.41) is 3.49. The van der Waals surface area contributed by atoms with Crippen molar-refractivity contribution in [2.24, 2.45) is 0 Å². The molecule has 2 saturated heterocycles. The van der Waals surface area contributed by atoms with Gasteiger partial charge >= 0.3 is 0 Å². The van der Waals surface area contributed by atoms with Crippen molar-refractivity contribution in [2.45, 2.75) is 50.2 Å². The standard InChI is InChI=1S/C15H21IN2/c1-17-12-9-14-6-3-7-15(10-12)18(14)13-5-2-4-11(16)8-13/h2,4-5,8,12,14-15,17H,3,6-7,9-10H2,1H3. The van der Waals surface area contributed by atoms with Gasteiger partial charge in [-0.15, -0.1) is 0 Å². The Morgan fingerprint density at radius 3 is 2.56 bits per heavy atom. The number of piperidine rings is 2. The predicted molar refractivity (Wildman–Crippen MR) is 85.1 cm³/mol. The predicted octanol–water partition coefficient (Wildman–Crippen LogP) is 3.40. The monoisotopic (exact) mass is 356 g/mol. The van der Waals surface area contributed by atoms with Gasteiger partial charge in [0.25, 0.3) is 0 Å². The normalized spacial score (nSPS) is 31.4. The Labute approximate surface area is 123 Å². The van der Waals surface area contributed by atoms with E-state index in [1.807, 2.05) is 0 Å². The highest BCUT2D eigenvalue weighted by atomic mass is 127. The number of anilines is 1. The zero-order valence-corrected chi connectivity index (χ0v) is 13.1. The highest BCUT2D eigenvalue weighted by molar-refractivity contribution is 14.1. The molecule has 0 spiro atoms. The molecule has 0 amide bonds. The van der Waals surface area contributed by atoms with E-state index in [9.17, 15) is 0 Å². The molecule has 18 heavy (non-hydrogen) atoms. The van der Waals surface area contributed by atoms with Crippen molar-refractivity contribution in [1.29, 1.82) is 0 Å². The van der Waals surface area contributed by atoms with E-state index in [1.165, 1.54) is 41.4 Å². The van der Waals surface area contributed by atoms with Crippen molar-refractivity contribution in [3.8, 4) is 0 Å². The summed E-state index contributed by atoms with van der Waals surface area (Å²) < 4.78 is 1.35. The number of nitrogens with one attached hydrogen (secondary N) is 1. The maximum Gasteiger partial charge on any atom is 0.0381 e. The molecule has 2 fully saturated rings. The molecule has 0 aliphatic carbocycles. The lowest BCUT2D eigenvalue weighted by Crippen LogP contribution is -2.56. The largest absolute Gasteiger partial charge is 0.365 e. The van der Waals surface area contributed by atoms with Gasteiger partial charge in [-0.05, 0) is 79.9 Å². The van der Waals surface area contributed by atoms with Gasteiger partial charge in [0.1, 0.15) is 0 Å². The van der Waals surface area contributed by atoms with Crippen LogP contribution in [0.15, 0.2) is 24.3 Å². The van der Waals surface area contributed by atoms with E-state index in [-0.39, 0.29) is 0 Å². The third-order valence-electron chi connectivity index (χ3n) is 4.49. The molecular formula is C15H21IN2. The summed E-state index contributed by atoms with van der Waals surface area (Å²) in [6.07, 6.45) is 6.74. The molecule has 2 bridgehead atoms. The first-order chi connectivity index (χ1) is 8.78. The minimum Gasteiger partial charge on any atom is -0.365 e. The van der Waals surface area contributed by atoms with Crippen molar-refractivity contribution < 1.29 is 0 Å². The molecule has 2 nitrogen and oxygen atoms in total. The maximum absolute atomic E-state index is 3.49. The number of fused-ring (bicyclic) bond motifs is 2. The third-order valence-corrected chi connectivity index (χ3v) is 5.16. The Morgan fingerprint density at radius 2 is 1.94 bits per heavy atom. The van der Waals surface area contributed by atoms with E-state index < -0.39 is 0 Å². The second-order valence-electron chi connectivity index (χ2n) is 5.58. The lowest BCUT2D eigenvalue weighted by Gasteiger charge is -2.50. The van der Waals surface area contributed by atoms with Crippen LogP contribution in [0, 0.1) is 3.57 Å². The number of hydrogen-bond acceptors (Lipinski definition) is 2. The number of rotatable bonds is 2. The summed E-state index contributed by atoms with van der Waals surface area (Å²) in [6.45, 7) is 0. The second kappa shape index (κ2) is 5.37. The molecule has 0 aromatic heterocycles. The van der Waals surface area contributed by atoms with Crippen LogP contribution in [0.5, 0.6) is 0 Å². The van der Waals surface area contributed by atoms with Crippen LogP contribution in [0.1, 0.15) is 32.1 Å². The van der Waals surface area contributed by atoms with Crippen molar-refractivity contribution >= 4 is 28.3 Å². The van der Waals surface area contributed by atoms with Gasteiger partial charge in [-0.1, -0.05) is 6.07 Å². The van der Waals surface area contributed by atoms with Gasteiger partial charge in [-0.25, -0.2) is 0 Å². The fourth-order valence-corrected chi connectivity index (χ4v) is 4.20. The smallest absolute Gasteiger partial charge is 0.0381 e. The van der Waals surface area contributed by atoms with Crippen LogP contribution >= 0.6 is 22.6 Å². The van der Waals surface area contributed by atoms with Crippen LogP contribution in [0.25, 0.3) is 0 Å². The number of hydrogen-bond donors (Lipinski definition) is 1. The molecule has 3 rings (SSSR count). The zero-order valence-electron chi connectivity index (χ0n) is 10.9. The van der Waals surface area contributed by atoms with Crippen molar-refractivity contribution in [2.75, 3.05) is 11.9 Å². The summed E-state index contributed by atoms with van der Waals surface area (Å²) in [5.74, 6) is 0. The average molecular weight is 356 g/mol. The molecule has 0 saturated carbocycles. The van der Waals surface area contributed by atoms with Gasteiger partial charge in [-0.3, -0.25) is 0 Å². The van der Waals surface area contributed by atoms with E-state index in [0.717, 1.165) is 18.1 Å². The SMILES string of the molecule is CNC1CC2CCCC(C1)N2c1cccc(I)c1. The zero-order chi connectivity index (χ0) is 12.5. The van der Waals surface area contributed by atoms with E-state index in [0.29, 0.717) is 0 Å². The number of halogens is 1. The number of nitrogens with zero attached hydrogens (tertiary/aromatic N) is 1. The molecule has 1 aromatic rings. The highest BCUT2D eigenvalue weighted by Gasteiger charge is 2.37. The quantitative estimate of drug-likeness (QED) is 0.818. The van der Waals surface area contributed by atoms with Crippen molar-refractivity contribution in [1.82, 2.24) is 5.32 Å². The Bertz CT molecular complexity index is 407. The number of benzene rings is 1. The molecular weight excluding hydrogens is 335 g/mol. The van der Waals surface area contributed by atoms with Gasteiger partial charge in [0.15, 0.2) is 0 Å². The first-order valence-electron chi connectivity index (χ1n) is 6.99. The van der Waals surface area contributed by atoms with Crippen LogP contribution < -0.4 is 10.2 Å². The van der Waals surface area contributed by atoms with Gasteiger partial charge in [0.2, 0.25) is 0 Å². The lowest BCUT2D eigenvalue weighted by atomic mass is 9.81. The first-order valence-corrected chi connectivity index (χ1v) is 8.07. The second-order valence-corrected chi connectivity index (χ2v) is 6.83. The Balaban J connectivity index is 1.88. The summed E-state index contributed by atoms with van der Waals surface area (Å²) >= 11 is 2.42. The van der Waals surface area contributed by atoms with Gasteiger partial charge in [-0.2, -0.15) is 0 Å². The summed E-state index contributed by atoms with van der Waals surface area (Å²) in [4.78, 5) is 2.71. The van der Waals surface area contributed by atoms with Crippen LogP contribution in [0.3, 0.4) is 0 Å². The first kappa shape index (κ1) is 12.7. The maximum atomic E-state index is 3.49. The van der Waals surface area contributed by atoms with Crippen molar-refractivity contribution in [3.05, 3.63) is 27.8 Å².